The summed E-state index contributed by atoms with van der Waals surface area (Å²) in [7, 11) is -8.31. The van der Waals surface area contributed by atoms with Crippen molar-refractivity contribution in [2.75, 3.05) is 17.3 Å². The third-order valence-electron chi connectivity index (χ3n) is 4.25. The second-order valence-electron chi connectivity index (χ2n) is 6.49. The maximum atomic E-state index is 13.0. The van der Waals surface area contributed by atoms with Crippen molar-refractivity contribution in [3.8, 4) is 0 Å². The molecule has 0 fully saturated rings. The van der Waals surface area contributed by atoms with Gasteiger partial charge in [0.25, 0.3) is 5.91 Å². The van der Waals surface area contributed by atoms with E-state index in [9.17, 15) is 24.2 Å². The van der Waals surface area contributed by atoms with Crippen LogP contribution in [0.1, 0.15) is 11.6 Å². The molecule has 1 atom stereocenters. The van der Waals surface area contributed by atoms with E-state index in [1.165, 1.54) is 36.7 Å². The summed E-state index contributed by atoms with van der Waals surface area (Å²) in [6, 6.07) is 7.89. The van der Waals surface area contributed by atoms with Gasteiger partial charge in [0.15, 0.2) is 0 Å². The summed E-state index contributed by atoms with van der Waals surface area (Å²) in [5.41, 5.74) is 1.01. The molecule has 0 spiro atoms. The van der Waals surface area contributed by atoms with Gasteiger partial charge in [-0.25, -0.2) is 0 Å². The summed E-state index contributed by atoms with van der Waals surface area (Å²) in [6.07, 6.45) is 5.90. The quantitative estimate of drug-likeness (QED) is 0.478. The number of carbonyl (C=O) groups excluding carboxylic acids is 1. The molecule has 0 aliphatic rings. The molecule has 0 radical (unpaired) electrons. The van der Waals surface area contributed by atoms with Crippen LogP contribution in [0.4, 0.5) is 30.8 Å². The zero-order valence-electron chi connectivity index (χ0n) is 15.6. The Morgan fingerprint density at radius 2 is 1.53 bits per heavy atom. The van der Waals surface area contributed by atoms with Crippen molar-refractivity contribution in [3.05, 3.63) is 78.9 Å². The minimum absolute atomic E-state index is 0.135. The van der Waals surface area contributed by atoms with E-state index in [2.05, 4.69) is 15.3 Å². The molecule has 3 aromatic rings. The summed E-state index contributed by atoms with van der Waals surface area (Å²) < 4.78 is 64.9. The van der Waals surface area contributed by atoms with Crippen molar-refractivity contribution in [1.29, 1.82) is 0 Å². The lowest BCUT2D eigenvalue weighted by atomic mass is 10.1. The molecule has 1 unspecified atom stereocenters. The minimum Gasteiger partial charge on any atom is -0.359 e. The van der Waals surface area contributed by atoms with Gasteiger partial charge in [-0.15, -0.1) is 0 Å². The monoisotopic (exact) mass is 444 g/mol. The fourth-order valence-electron chi connectivity index (χ4n) is 2.82. The number of benzene rings is 1. The third-order valence-corrected chi connectivity index (χ3v) is 5.42. The smallest absolute Gasteiger partial charge is 0.310 e. The van der Waals surface area contributed by atoms with Crippen LogP contribution in [0.15, 0.2) is 78.2 Å². The fourth-order valence-corrected chi connectivity index (χ4v) is 3.47. The van der Waals surface area contributed by atoms with E-state index in [0.717, 1.165) is 12.1 Å². The van der Waals surface area contributed by atoms with Gasteiger partial charge in [0.1, 0.15) is 10.9 Å². The molecule has 2 heterocycles. The number of carbonyl (C=O) groups is 1. The van der Waals surface area contributed by atoms with Crippen LogP contribution in [0.5, 0.6) is 0 Å². The van der Waals surface area contributed by atoms with Gasteiger partial charge in [0.05, 0.1) is 11.9 Å². The Hall–Kier alpha value is -3.21. The van der Waals surface area contributed by atoms with Crippen molar-refractivity contribution in [3.63, 3.8) is 0 Å². The molecular formula is C19H17F5N4OS. The van der Waals surface area contributed by atoms with Gasteiger partial charge in [0, 0.05) is 36.9 Å². The van der Waals surface area contributed by atoms with Crippen LogP contribution < -0.4 is 10.2 Å². The van der Waals surface area contributed by atoms with Gasteiger partial charge >= 0.3 is 10.2 Å². The number of aromatic nitrogens is 2. The molecule has 160 valence electrons. The molecule has 1 N–H and O–H groups in total. The Balaban J connectivity index is 1.95. The fraction of sp³-hybridized carbons (Fsp3) is 0.105. The summed E-state index contributed by atoms with van der Waals surface area (Å²) in [5, 5.41) is 2.67. The lowest BCUT2D eigenvalue weighted by Gasteiger charge is -2.40. The largest absolute Gasteiger partial charge is 0.359 e. The topological polar surface area (TPSA) is 58.1 Å². The van der Waals surface area contributed by atoms with Gasteiger partial charge < -0.3 is 10.2 Å². The van der Waals surface area contributed by atoms with E-state index >= 15 is 0 Å². The molecule has 30 heavy (non-hydrogen) atoms. The molecule has 0 aliphatic carbocycles. The molecule has 0 aliphatic heterocycles. The number of hydrogen-bond acceptors (Lipinski definition) is 4. The number of hydrogen-bond donors (Lipinski definition) is 1. The van der Waals surface area contributed by atoms with Crippen molar-refractivity contribution in [2.24, 2.45) is 0 Å². The highest BCUT2D eigenvalue weighted by atomic mass is 32.5. The van der Waals surface area contributed by atoms with Gasteiger partial charge in [-0.05, 0) is 42.5 Å². The number of anilines is 2. The second kappa shape index (κ2) is 6.94. The summed E-state index contributed by atoms with van der Waals surface area (Å²) in [5.74, 6) is -0.504. The normalized spacial score (nSPS) is 14.9. The standard InChI is InChI=1S/C19H17F5N4OS/c1-28(16-6-8-17(9-7-16)30(20,21,22,23)24)18(14-4-2-10-25-12-14)19(29)27-15-5-3-11-26-13-15/h2-13,18H,1H3,(H,27,29). The van der Waals surface area contributed by atoms with Crippen LogP contribution in [0.25, 0.3) is 0 Å². The molecule has 0 bridgehead atoms. The lowest BCUT2D eigenvalue weighted by molar-refractivity contribution is -0.117. The van der Waals surface area contributed by atoms with Crippen LogP contribution in [0.2, 0.25) is 0 Å². The number of nitrogens with one attached hydrogen (secondary N) is 1. The van der Waals surface area contributed by atoms with Crippen molar-refractivity contribution < 1.29 is 24.2 Å². The maximum Gasteiger partial charge on any atom is 0.310 e. The van der Waals surface area contributed by atoms with Crippen molar-refractivity contribution >= 4 is 27.5 Å². The SMILES string of the molecule is CN(c1ccc(S(F)(F)(F)(F)F)cc1)C(C(=O)Nc1cccnc1)c1cccnc1. The first-order chi connectivity index (χ1) is 13.8. The van der Waals surface area contributed by atoms with E-state index in [1.54, 1.807) is 24.3 Å². The predicted octanol–water partition coefficient (Wildman–Crippen LogP) is 5.95. The van der Waals surface area contributed by atoms with Gasteiger partial charge in [0.2, 0.25) is 0 Å². The van der Waals surface area contributed by atoms with Crippen LogP contribution in [0, 0.1) is 0 Å². The maximum absolute atomic E-state index is 13.0. The van der Waals surface area contributed by atoms with Gasteiger partial charge in [-0.1, -0.05) is 25.5 Å². The Morgan fingerprint density at radius 3 is 2.03 bits per heavy atom. The van der Waals surface area contributed by atoms with Crippen molar-refractivity contribution in [2.45, 2.75) is 10.9 Å². The van der Waals surface area contributed by atoms with Gasteiger partial charge in [-0.3, -0.25) is 14.8 Å². The minimum atomic E-state index is -9.78. The zero-order chi connectivity index (χ0) is 22.1. The van der Waals surface area contributed by atoms with E-state index in [0.29, 0.717) is 23.4 Å². The Labute approximate surface area is 169 Å². The number of halogens is 5. The van der Waals surface area contributed by atoms with Gasteiger partial charge in [-0.2, -0.15) is 0 Å². The number of nitrogens with zero attached hydrogens (tertiary/aromatic N) is 3. The Kier molecular flexibility index (Phi) is 4.97. The molecule has 1 amide bonds. The zero-order valence-corrected chi connectivity index (χ0v) is 16.4. The molecule has 5 nitrogen and oxygen atoms in total. The summed E-state index contributed by atoms with van der Waals surface area (Å²) in [4.78, 5) is 20.2. The van der Waals surface area contributed by atoms with Crippen LogP contribution in [-0.2, 0) is 4.79 Å². The number of amides is 1. The summed E-state index contributed by atoms with van der Waals surface area (Å²) >= 11 is 0. The number of pyridine rings is 2. The third kappa shape index (κ3) is 5.03. The molecule has 1 aromatic carbocycles. The molecule has 2 aromatic heterocycles. The first-order valence-electron chi connectivity index (χ1n) is 8.53. The average molecular weight is 444 g/mol. The van der Waals surface area contributed by atoms with E-state index in [4.69, 9.17) is 0 Å². The number of rotatable bonds is 6. The molecule has 3 rings (SSSR count). The highest BCUT2D eigenvalue weighted by molar-refractivity contribution is 8.45. The lowest BCUT2D eigenvalue weighted by Crippen LogP contribution is -2.35. The second-order valence-corrected chi connectivity index (χ2v) is 8.90. The summed E-state index contributed by atoms with van der Waals surface area (Å²) in [6.45, 7) is 0. The first-order valence-corrected chi connectivity index (χ1v) is 10.5. The highest BCUT2D eigenvalue weighted by Crippen LogP contribution is 3.02. The Morgan fingerprint density at radius 1 is 0.933 bits per heavy atom. The highest BCUT2D eigenvalue weighted by Gasteiger charge is 2.65. The Bertz CT molecular complexity index is 1030. The van der Waals surface area contributed by atoms with Crippen LogP contribution >= 0.6 is 10.2 Å². The molecule has 11 heteroatoms. The van der Waals surface area contributed by atoms with Crippen LogP contribution in [-0.4, -0.2) is 22.9 Å². The predicted molar refractivity (Wildman–Crippen MR) is 106 cm³/mol. The van der Waals surface area contributed by atoms with Crippen LogP contribution in [0.3, 0.4) is 0 Å². The van der Waals surface area contributed by atoms with Crippen molar-refractivity contribution in [1.82, 2.24) is 9.97 Å². The van der Waals surface area contributed by atoms with E-state index in [1.807, 2.05) is 0 Å². The average Bonchev–Trinajstić information content (AvgIpc) is 2.68. The number of likely N-dealkylation sites (N-methyl/N-ethyl adjacent to an activating group) is 1. The molecule has 0 saturated heterocycles. The van der Waals surface area contributed by atoms with E-state index in [-0.39, 0.29) is 5.69 Å². The molecular weight excluding hydrogens is 427 g/mol. The van der Waals surface area contributed by atoms with E-state index < -0.39 is 27.1 Å². The first kappa shape index (κ1) is 21.5. The molecule has 0 saturated carbocycles.